The zero-order valence-electron chi connectivity index (χ0n) is 13.0. The minimum atomic E-state index is 0.0745. The highest BCUT2D eigenvalue weighted by Gasteiger charge is 2.30. The first-order chi connectivity index (χ1) is 11.3. The van der Waals surface area contributed by atoms with E-state index in [9.17, 15) is 0 Å². The van der Waals surface area contributed by atoms with Gasteiger partial charge < -0.3 is 14.4 Å². The van der Waals surface area contributed by atoms with Crippen molar-refractivity contribution in [3.05, 3.63) is 18.2 Å². The van der Waals surface area contributed by atoms with E-state index < -0.39 is 0 Å². The number of anilines is 1. The Balaban J connectivity index is 1.39. The van der Waals surface area contributed by atoms with E-state index in [0.29, 0.717) is 17.7 Å². The van der Waals surface area contributed by atoms with Crippen molar-refractivity contribution in [1.29, 1.82) is 0 Å². The topological polar surface area (TPSA) is 73.3 Å². The van der Waals surface area contributed by atoms with Crippen molar-refractivity contribution in [2.24, 2.45) is 0 Å². The van der Waals surface area contributed by atoms with E-state index in [2.05, 4.69) is 19.2 Å². The molecule has 0 radical (unpaired) electrons. The number of nitrogens with zero attached hydrogens (tertiary/aromatic N) is 5. The van der Waals surface area contributed by atoms with Crippen LogP contribution in [0.2, 0.25) is 0 Å². The summed E-state index contributed by atoms with van der Waals surface area (Å²) in [7, 11) is 1.59. The van der Waals surface area contributed by atoms with Crippen molar-refractivity contribution >= 4 is 16.7 Å². The number of aromatic nitrogens is 4. The van der Waals surface area contributed by atoms with Gasteiger partial charge in [0.1, 0.15) is 11.9 Å². The summed E-state index contributed by atoms with van der Waals surface area (Å²) in [6, 6.07) is 0.397. The predicted molar refractivity (Wildman–Crippen MR) is 86.3 cm³/mol. The summed E-state index contributed by atoms with van der Waals surface area (Å²) < 4.78 is 15.5. The highest BCUT2D eigenvalue weighted by atomic mass is 32.1. The number of hydrogen-bond donors (Lipinski definition) is 0. The molecule has 1 saturated heterocycles. The Bertz CT molecular complexity index is 658. The Morgan fingerprint density at radius 2 is 2.04 bits per heavy atom. The van der Waals surface area contributed by atoms with Gasteiger partial charge >= 0.3 is 6.01 Å². The number of piperidine rings is 1. The molecule has 0 amide bonds. The van der Waals surface area contributed by atoms with Crippen molar-refractivity contribution < 1.29 is 9.47 Å². The lowest BCUT2D eigenvalue weighted by Crippen LogP contribution is -2.41. The van der Waals surface area contributed by atoms with Crippen LogP contribution in [0.5, 0.6) is 11.8 Å². The molecule has 122 valence electrons. The molecule has 0 N–H and O–H groups in total. The molecule has 2 aromatic rings. The van der Waals surface area contributed by atoms with Gasteiger partial charge in [0.15, 0.2) is 5.75 Å². The third kappa shape index (κ3) is 3.36. The molecule has 1 aliphatic heterocycles. The van der Waals surface area contributed by atoms with Crippen molar-refractivity contribution in [3.63, 3.8) is 0 Å². The molecule has 0 bridgehead atoms. The van der Waals surface area contributed by atoms with Gasteiger partial charge in [0, 0.05) is 24.0 Å². The first kappa shape index (κ1) is 14.6. The molecule has 7 nitrogen and oxygen atoms in total. The Morgan fingerprint density at radius 1 is 1.22 bits per heavy atom. The normalized spacial score (nSPS) is 21.3. The maximum absolute atomic E-state index is 5.91. The predicted octanol–water partition coefficient (Wildman–Crippen LogP) is 2.26. The first-order valence-corrected chi connectivity index (χ1v) is 8.70. The molecule has 2 aromatic heterocycles. The third-order valence-electron chi connectivity index (χ3n) is 4.13. The van der Waals surface area contributed by atoms with E-state index >= 15 is 0 Å². The second-order valence-corrected chi connectivity index (χ2v) is 6.67. The van der Waals surface area contributed by atoms with Crippen LogP contribution in [0.1, 0.15) is 37.4 Å². The summed E-state index contributed by atoms with van der Waals surface area (Å²) >= 11 is 1.50. The molecule has 0 spiro atoms. The number of hydrogen-bond acceptors (Lipinski definition) is 8. The Morgan fingerprint density at radius 3 is 2.78 bits per heavy atom. The van der Waals surface area contributed by atoms with Gasteiger partial charge in [-0.25, -0.2) is 4.98 Å². The zero-order chi connectivity index (χ0) is 15.6. The van der Waals surface area contributed by atoms with Gasteiger partial charge in [-0.1, -0.05) is 0 Å². The fourth-order valence-corrected chi connectivity index (χ4v) is 3.47. The van der Waals surface area contributed by atoms with Crippen LogP contribution in [0.4, 0.5) is 5.13 Å². The van der Waals surface area contributed by atoms with Gasteiger partial charge in [-0.15, -0.1) is 0 Å². The lowest BCUT2D eigenvalue weighted by Gasteiger charge is -2.31. The molecular formula is C15H19N5O2S. The van der Waals surface area contributed by atoms with E-state index in [1.165, 1.54) is 24.4 Å². The monoisotopic (exact) mass is 333 g/mol. The molecule has 4 rings (SSSR count). The summed E-state index contributed by atoms with van der Waals surface area (Å²) in [6.07, 6.45) is 7.85. The van der Waals surface area contributed by atoms with Gasteiger partial charge in [-0.05, 0) is 25.7 Å². The molecule has 1 saturated carbocycles. The van der Waals surface area contributed by atoms with Crippen LogP contribution in [-0.2, 0) is 0 Å². The summed E-state index contributed by atoms with van der Waals surface area (Å²) in [6.45, 7) is 1.80. The standard InChI is InChI=1S/C15H19N5O2S/c1-21-12-7-16-14(17-8-12)22-11-3-2-6-20(9-11)15-18-13(19-23-15)10-4-5-10/h7-8,10-11H,2-6,9H2,1H3. The smallest absolute Gasteiger partial charge is 0.316 e. The number of ether oxygens (including phenoxy) is 2. The molecule has 8 heteroatoms. The Kier molecular flexibility index (Phi) is 3.99. The highest BCUT2D eigenvalue weighted by Crippen LogP contribution is 2.40. The van der Waals surface area contributed by atoms with Crippen LogP contribution in [0.15, 0.2) is 12.4 Å². The number of rotatable bonds is 5. The largest absolute Gasteiger partial charge is 0.494 e. The molecule has 23 heavy (non-hydrogen) atoms. The van der Waals surface area contributed by atoms with E-state index in [-0.39, 0.29) is 6.10 Å². The maximum atomic E-state index is 5.91. The summed E-state index contributed by atoms with van der Waals surface area (Å²) in [4.78, 5) is 15.3. The van der Waals surface area contributed by atoms with Crippen LogP contribution in [0.25, 0.3) is 0 Å². The van der Waals surface area contributed by atoms with E-state index in [1.54, 1.807) is 19.5 Å². The van der Waals surface area contributed by atoms with Crippen LogP contribution < -0.4 is 14.4 Å². The van der Waals surface area contributed by atoms with Crippen molar-refractivity contribution in [1.82, 2.24) is 19.3 Å². The van der Waals surface area contributed by atoms with Crippen molar-refractivity contribution in [3.8, 4) is 11.8 Å². The minimum absolute atomic E-state index is 0.0745. The second kappa shape index (κ2) is 6.27. The van der Waals surface area contributed by atoms with Crippen molar-refractivity contribution in [2.75, 3.05) is 25.1 Å². The molecule has 2 aliphatic rings. The Labute approximate surface area is 138 Å². The van der Waals surface area contributed by atoms with Crippen LogP contribution in [-0.4, -0.2) is 45.6 Å². The average Bonchev–Trinajstić information content (AvgIpc) is 3.33. The minimum Gasteiger partial charge on any atom is -0.494 e. The maximum Gasteiger partial charge on any atom is 0.316 e. The lowest BCUT2D eigenvalue weighted by molar-refractivity contribution is 0.164. The fraction of sp³-hybridized carbons (Fsp3) is 0.600. The van der Waals surface area contributed by atoms with Gasteiger partial charge in [0.2, 0.25) is 5.13 Å². The Hall–Kier alpha value is -1.96. The molecule has 1 atom stereocenters. The molecule has 1 unspecified atom stereocenters. The highest BCUT2D eigenvalue weighted by molar-refractivity contribution is 7.09. The lowest BCUT2D eigenvalue weighted by atomic mass is 10.1. The van der Waals surface area contributed by atoms with Crippen molar-refractivity contribution in [2.45, 2.75) is 37.7 Å². The van der Waals surface area contributed by atoms with E-state index in [0.717, 1.165) is 36.9 Å². The summed E-state index contributed by atoms with van der Waals surface area (Å²) in [5.74, 6) is 2.25. The van der Waals surface area contributed by atoms with Gasteiger partial charge in [-0.3, -0.25) is 0 Å². The van der Waals surface area contributed by atoms with Gasteiger partial charge in [0.25, 0.3) is 0 Å². The third-order valence-corrected chi connectivity index (χ3v) is 4.93. The fourth-order valence-electron chi connectivity index (χ4n) is 2.69. The molecule has 0 aromatic carbocycles. The molecule has 2 fully saturated rings. The SMILES string of the molecule is COc1cnc(OC2CCCN(c3nc(C4CC4)ns3)C2)nc1. The quantitative estimate of drug-likeness (QED) is 0.831. The molecular weight excluding hydrogens is 314 g/mol. The van der Waals surface area contributed by atoms with E-state index in [4.69, 9.17) is 14.5 Å². The van der Waals surface area contributed by atoms with Gasteiger partial charge in [0.05, 0.1) is 26.0 Å². The van der Waals surface area contributed by atoms with Crippen LogP contribution in [0.3, 0.4) is 0 Å². The zero-order valence-corrected chi connectivity index (χ0v) is 13.8. The summed E-state index contributed by atoms with van der Waals surface area (Å²) in [5.41, 5.74) is 0. The average molecular weight is 333 g/mol. The van der Waals surface area contributed by atoms with Crippen LogP contribution >= 0.6 is 11.5 Å². The molecule has 3 heterocycles. The first-order valence-electron chi connectivity index (χ1n) is 7.93. The number of methoxy groups -OCH3 is 1. The summed E-state index contributed by atoms with van der Waals surface area (Å²) in [5, 5.41) is 1.01. The van der Waals surface area contributed by atoms with Gasteiger partial charge in [-0.2, -0.15) is 14.3 Å². The second-order valence-electron chi connectivity index (χ2n) is 5.94. The molecule has 1 aliphatic carbocycles. The van der Waals surface area contributed by atoms with E-state index in [1.807, 2.05) is 0 Å². The van der Waals surface area contributed by atoms with Crippen LogP contribution in [0, 0.1) is 0 Å².